The quantitative estimate of drug-likeness (QED) is 0.631. The summed E-state index contributed by atoms with van der Waals surface area (Å²) in [5.74, 6) is 0. The Balaban J connectivity index is 1.78. The minimum absolute atomic E-state index is 0.204. The van der Waals surface area contributed by atoms with Crippen molar-refractivity contribution in [2.75, 3.05) is 19.8 Å². The van der Waals surface area contributed by atoms with E-state index in [-0.39, 0.29) is 15.3 Å². The minimum atomic E-state index is -0.352. The highest BCUT2D eigenvalue weighted by molar-refractivity contribution is 7.13. The molecule has 1 fully saturated rings. The van der Waals surface area contributed by atoms with Gasteiger partial charge in [0.05, 0.1) is 18.1 Å². The average Bonchev–Trinajstić information content (AvgIpc) is 2.64. The summed E-state index contributed by atoms with van der Waals surface area (Å²) >= 11 is 1.17. The number of ether oxygens (including phenoxy) is 1. The first-order valence-corrected chi connectivity index (χ1v) is 5.97. The van der Waals surface area contributed by atoms with Gasteiger partial charge in [-0.2, -0.15) is 0 Å². The first kappa shape index (κ1) is 11.5. The molecule has 5 nitrogen and oxygen atoms in total. The Hall–Kier alpha value is -0.980. The molecule has 0 spiro atoms. The molecule has 0 saturated carbocycles. The highest BCUT2D eigenvalue weighted by Crippen LogP contribution is 2.26. The van der Waals surface area contributed by atoms with Gasteiger partial charge >= 0.3 is 5.00 Å². The molecule has 1 N–H and O–H groups in total. The summed E-state index contributed by atoms with van der Waals surface area (Å²) in [6, 6.07) is 1.62. The standard InChI is InChI=1S/C10H14N2O3S/c1-10(6-15-7-10)5-11-3-8-2-9(12(13)14)16-4-8/h2,4,11H,3,5-7H2,1H3. The predicted molar refractivity (Wildman–Crippen MR) is 61.6 cm³/mol. The summed E-state index contributed by atoms with van der Waals surface area (Å²) in [6.07, 6.45) is 0. The van der Waals surface area contributed by atoms with Gasteiger partial charge < -0.3 is 10.1 Å². The average molecular weight is 242 g/mol. The second kappa shape index (κ2) is 4.48. The van der Waals surface area contributed by atoms with Gasteiger partial charge in [0.2, 0.25) is 0 Å². The molecule has 6 heteroatoms. The molecule has 0 unspecified atom stereocenters. The minimum Gasteiger partial charge on any atom is -0.380 e. The fourth-order valence-electron chi connectivity index (χ4n) is 1.61. The largest absolute Gasteiger partial charge is 0.380 e. The molecule has 16 heavy (non-hydrogen) atoms. The van der Waals surface area contributed by atoms with Gasteiger partial charge in [-0.25, -0.2) is 0 Å². The Morgan fingerprint density at radius 1 is 1.69 bits per heavy atom. The van der Waals surface area contributed by atoms with Crippen molar-refractivity contribution in [2.45, 2.75) is 13.5 Å². The van der Waals surface area contributed by atoms with E-state index in [1.54, 1.807) is 6.07 Å². The van der Waals surface area contributed by atoms with Gasteiger partial charge in [-0.15, -0.1) is 0 Å². The van der Waals surface area contributed by atoms with Gasteiger partial charge in [-0.1, -0.05) is 18.3 Å². The highest BCUT2D eigenvalue weighted by atomic mass is 32.1. The van der Waals surface area contributed by atoms with Crippen LogP contribution in [0.1, 0.15) is 12.5 Å². The van der Waals surface area contributed by atoms with E-state index in [2.05, 4.69) is 12.2 Å². The first-order chi connectivity index (χ1) is 7.59. The lowest BCUT2D eigenvalue weighted by Gasteiger charge is -2.38. The van der Waals surface area contributed by atoms with Crippen molar-refractivity contribution >= 4 is 16.3 Å². The second-order valence-corrected chi connectivity index (χ2v) is 5.35. The van der Waals surface area contributed by atoms with Crippen molar-refractivity contribution in [1.29, 1.82) is 0 Å². The summed E-state index contributed by atoms with van der Waals surface area (Å²) in [6.45, 7) is 5.32. The van der Waals surface area contributed by atoms with Crippen molar-refractivity contribution in [3.05, 3.63) is 27.1 Å². The lowest BCUT2D eigenvalue weighted by Crippen LogP contribution is -2.47. The van der Waals surface area contributed by atoms with Crippen LogP contribution in [0.4, 0.5) is 5.00 Å². The van der Waals surface area contributed by atoms with E-state index in [0.29, 0.717) is 6.54 Å². The van der Waals surface area contributed by atoms with Crippen molar-refractivity contribution < 1.29 is 9.66 Å². The van der Waals surface area contributed by atoms with Gasteiger partial charge in [0.1, 0.15) is 0 Å². The summed E-state index contributed by atoms with van der Waals surface area (Å²) in [5, 5.41) is 15.8. The fourth-order valence-corrected chi connectivity index (χ4v) is 2.34. The first-order valence-electron chi connectivity index (χ1n) is 5.09. The molecule has 0 atom stereocenters. The van der Waals surface area contributed by atoms with Crippen LogP contribution in [0.3, 0.4) is 0 Å². The fraction of sp³-hybridized carbons (Fsp3) is 0.600. The van der Waals surface area contributed by atoms with Crippen molar-refractivity contribution in [3.8, 4) is 0 Å². The summed E-state index contributed by atoms with van der Waals surface area (Å²) < 4.78 is 5.15. The van der Waals surface area contributed by atoms with Crippen molar-refractivity contribution in [2.24, 2.45) is 5.41 Å². The predicted octanol–water partition coefficient (Wildman–Crippen LogP) is 1.78. The van der Waals surface area contributed by atoms with E-state index in [0.717, 1.165) is 25.3 Å². The summed E-state index contributed by atoms with van der Waals surface area (Å²) in [4.78, 5) is 10.1. The molecule has 0 radical (unpaired) electrons. The van der Waals surface area contributed by atoms with E-state index in [9.17, 15) is 10.1 Å². The van der Waals surface area contributed by atoms with Gasteiger partial charge in [-0.05, 0) is 5.56 Å². The Bertz CT molecular complexity index is 387. The van der Waals surface area contributed by atoms with Crippen LogP contribution in [0.5, 0.6) is 0 Å². The Morgan fingerprint density at radius 3 is 2.94 bits per heavy atom. The van der Waals surface area contributed by atoms with Crippen molar-refractivity contribution in [1.82, 2.24) is 5.32 Å². The molecule has 2 heterocycles. The van der Waals surface area contributed by atoms with Crippen LogP contribution < -0.4 is 5.32 Å². The van der Waals surface area contributed by atoms with Crippen LogP contribution >= 0.6 is 11.3 Å². The van der Waals surface area contributed by atoms with Crippen LogP contribution in [-0.2, 0) is 11.3 Å². The second-order valence-electron chi connectivity index (χ2n) is 4.46. The number of nitrogens with one attached hydrogen (secondary N) is 1. The van der Waals surface area contributed by atoms with Crippen molar-refractivity contribution in [3.63, 3.8) is 0 Å². The molecule has 0 amide bonds. The van der Waals surface area contributed by atoms with Crippen LogP contribution in [0.15, 0.2) is 11.4 Å². The topological polar surface area (TPSA) is 64.4 Å². The number of nitrogens with zero attached hydrogens (tertiary/aromatic N) is 1. The van der Waals surface area contributed by atoms with Gasteiger partial charge in [0.15, 0.2) is 0 Å². The molecule has 0 bridgehead atoms. The Morgan fingerprint density at radius 2 is 2.44 bits per heavy atom. The van der Waals surface area contributed by atoms with E-state index in [4.69, 9.17) is 4.74 Å². The molecule has 1 saturated heterocycles. The molecule has 0 aromatic carbocycles. The zero-order chi connectivity index (χ0) is 11.6. The van der Waals surface area contributed by atoms with Crippen LogP contribution in [-0.4, -0.2) is 24.7 Å². The summed E-state index contributed by atoms with van der Waals surface area (Å²) in [5.41, 5.74) is 1.21. The Labute approximate surface area is 97.6 Å². The third-order valence-electron chi connectivity index (χ3n) is 2.60. The van der Waals surface area contributed by atoms with Gasteiger partial charge in [0.25, 0.3) is 0 Å². The zero-order valence-corrected chi connectivity index (χ0v) is 9.88. The van der Waals surface area contributed by atoms with Crippen LogP contribution in [0.25, 0.3) is 0 Å². The SMILES string of the molecule is CC1(CNCc2csc([N+](=O)[O-])c2)COC1. The maximum absolute atomic E-state index is 10.5. The number of hydrogen-bond donors (Lipinski definition) is 1. The number of rotatable bonds is 5. The zero-order valence-electron chi connectivity index (χ0n) is 9.06. The van der Waals surface area contributed by atoms with E-state index in [1.807, 2.05) is 5.38 Å². The maximum Gasteiger partial charge on any atom is 0.324 e. The van der Waals surface area contributed by atoms with E-state index < -0.39 is 0 Å². The third-order valence-corrected chi connectivity index (χ3v) is 3.53. The number of thiophene rings is 1. The third kappa shape index (κ3) is 2.58. The van der Waals surface area contributed by atoms with E-state index in [1.165, 1.54) is 11.3 Å². The normalized spacial score (nSPS) is 18.1. The smallest absolute Gasteiger partial charge is 0.324 e. The van der Waals surface area contributed by atoms with E-state index >= 15 is 0 Å². The molecule has 88 valence electrons. The maximum atomic E-state index is 10.5. The van der Waals surface area contributed by atoms with Gasteiger partial charge in [0, 0.05) is 30.0 Å². The Kier molecular flexibility index (Phi) is 3.22. The monoisotopic (exact) mass is 242 g/mol. The number of nitro groups is 1. The van der Waals surface area contributed by atoms with Crippen LogP contribution in [0.2, 0.25) is 0 Å². The molecule has 1 aromatic heterocycles. The molecule has 1 aromatic rings. The molecule has 1 aliphatic rings. The lowest BCUT2D eigenvalue weighted by molar-refractivity contribution is -0.380. The molecule has 1 aliphatic heterocycles. The number of hydrogen-bond acceptors (Lipinski definition) is 5. The lowest BCUT2D eigenvalue weighted by atomic mass is 9.89. The van der Waals surface area contributed by atoms with Crippen LogP contribution in [0, 0.1) is 15.5 Å². The summed E-state index contributed by atoms with van der Waals surface area (Å²) in [7, 11) is 0. The molecular formula is C10H14N2O3S. The highest BCUT2D eigenvalue weighted by Gasteiger charge is 2.32. The molecule has 2 rings (SSSR count). The van der Waals surface area contributed by atoms with Gasteiger partial charge in [-0.3, -0.25) is 10.1 Å². The molecule has 0 aliphatic carbocycles. The molecular weight excluding hydrogens is 228 g/mol.